The van der Waals surface area contributed by atoms with Gasteiger partial charge in [0.2, 0.25) is 5.16 Å². The summed E-state index contributed by atoms with van der Waals surface area (Å²) in [5.41, 5.74) is 4.32. The third-order valence-electron chi connectivity index (χ3n) is 5.71. The number of fused-ring (bicyclic) bond motifs is 1. The average Bonchev–Trinajstić information content (AvgIpc) is 3.27. The minimum atomic E-state index is -0.00389. The van der Waals surface area contributed by atoms with Crippen LogP contribution in [0, 0.1) is 0 Å². The lowest BCUT2D eigenvalue weighted by Crippen LogP contribution is -2.04. The van der Waals surface area contributed by atoms with Gasteiger partial charge in [0, 0.05) is 40.3 Å². The standard InChI is InChI=1S/C27H22N4O3S/c1-2-31-15-22(21-5-3-4-6-23(21)31)24(34)16-35-27-28-25(17-7-11-19(32)12-8-17)26(29-30-27)18-9-13-20(33)14-10-18/h3-15,32-33H,2,16H2,1H3. The Bertz CT molecular complexity index is 1510. The van der Waals surface area contributed by atoms with Crippen molar-refractivity contribution in [3.8, 4) is 34.0 Å². The van der Waals surface area contributed by atoms with E-state index in [2.05, 4.69) is 21.7 Å². The van der Waals surface area contributed by atoms with Crippen molar-refractivity contribution >= 4 is 28.4 Å². The van der Waals surface area contributed by atoms with Crippen LogP contribution in [0.4, 0.5) is 0 Å². The average molecular weight is 483 g/mol. The van der Waals surface area contributed by atoms with E-state index in [0.29, 0.717) is 22.1 Å². The molecule has 0 bridgehead atoms. The smallest absolute Gasteiger partial charge is 0.210 e. The Morgan fingerprint density at radius 2 is 1.49 bits per heavy atom. The molecule has 2 heterocycles. The molecule has 2 N–H and O–H groups in total. The maximum atomic E-state index is 13.1. The van der Waals surface area contributed by atoms with Gasteiger partial charge in [-0.3, -0.25) is 4.79 Å². The fraction of sp³-hybridized carbons (Fsp3) is 0.111. The third-order valence-corrected chi connectivity index (χ3v) is 6.55. The molecule has 5 aromatic rings. The lowest BCUT2D eigenvalue weighted by molar-refractivity contribution is 0.102. The molecule has 2 aromatic heterocycles. The van der Waals surface area contributed by atoms with Crippen LogP contribution in [0.5, 0.6) is 11.5 Å². The predicted molar refractivity (Wildman–Crippen MR) is 137 cm³/mol. The zero-order valence-corrected chi connectivity index (χ0v) is 19.7. The first-order valence-corrected chi connectivity index (χ1v) is 12.1. The topological polar surface area (TPSA) is 101 Å². The highest BCUT2D eigenvalue weighted by Crippen LogP contribution is 2.32. The first-order valence-electron chi connectivity index (χ1n) is 11.1. The molecule has 0 fully saturated rings. The van der Waals surface area contributed by atoms with E-state index in [-0.39, 0.29) is 23.0 Å². The van der Waals surface area contributed by atoms with Gasteiger partial charge in [0.25, 0.3) is 0 Å². The zero-order chi connectivity index (χ0) is 24.4. The molecule has 0 saturated carbocycles. The molecule has 5 rings (SSSR count). The molecule has 0 saturated heterocycles. The van der Waals surface area contributed by atoms with E-state index in [0.717, 1.165) is 28.6 Å². The maximum Gasteiger partial charge on any atom is 0.210 e. The molecule has 0 aliphatic rings. The highest BCUT2D eigenvalue weighted by molar-refractivity contribution is 7.99. The van der Waals surface area contributed by atoms with Gasteiger partial charge >= 0.3 is 0 Å². The van der Waals surface area contributed by atoms with Crippen molar-refractivity contribution in [3.63, 3.8) is 0 Å². The van der Waals surface area contributed by atoms with Gasteiger partial charge in [-0.2, -0.15) is 0 Å². The predicted octanol–water partition coefficient (Wildman–Crippen LogP) is 5.57. The Morgan fingerprint density at radius 1 is 0.857 bits per heavy atom. The number of phenolic OH excluding ortho intramolecular Hbond substituents is 2. The van der Waals surface area contributed by atoms with Crippen molar-refractivity contribution in [1.29, 1.82) is 0 Å². The summed E-state index contributed by atoms with van der Waals surface area (Å²) in [6, 6.07) is 21.2. The van der Waals surface area contributed by atoms with Crippen LogP contribution in [0.2, 0.25) is 0 Å². The number of carbonyl (C=O) groups excluding carboxylic acids is 1. The molecule has 0 spiro atoms. The summed E-state index contributed by atoms with van der Waals surface area (Å²) < 4.78 is 2.07. The number of rotatable bonds is 7. The van der Waals surface area contributed by atoms with Crippen LogP contribution in [0.15, 0.2) is 84.1 Å². The lowest BCUT2D eigenvalue weighted by atomic mass is 10.0. The normalized spacial score (nSPS) is 11.1. The minimum Gasteiger partial charge on any atom is -0.508 e. The largest absolute Gasteiger partial charge is 0.508 e. The Kier molecular flexibility index (Phi) is 6.20. The minimum absolute atomic E-state index is 0.00389. The van der Waals surface area contributed by atoms with E-state index in [1.54, 1.807) is 48.5 Å². The molecular weight excluding hydrogens is 460 g/mol. The number of ketones is 1. The molecule has 0 atom stereocenters. The maximum absolute atomic E-state index is 13.1. The summed E-state index contributed by atoms with van der Waals surface area (Å²) in [5.74, 6) is 0.465. The SMILES string of the molecule is CCn1cc(C(=O)CSc2nnc(-c3ccc(O)cc3)c(-c3ccc(O)cc3)n2)c2ccccc21. The summed E-state index contributed by atoms with van der Waals surface area (Å²) in [4.78, 5) is 17.8. The summed E-state index contributed by atoms with van der Waals surface area (Å²) in [7, 11) is 0. The number of benzene rings is 3. The van der Waals surface area contributed by atoms with Crippen LogP contribution >= 0.6 is 11.8 Å². The van der Waals surface area contributed by atoms with Crippen molar-refractivity contribution in [2.75, 3.05) is 5.75 Å². The van der Waals surface area contributed by atoms with Crippen LogP contribution in [0.1, 0.15) is 17.3 Å². The third kappa shape index (κ3) is 4.61. The fourth-order valence-electron chi connectivity index (χ4n) is 3.95. The first-order chi connectivity index (χ1) is 17.0. The van der Waals surface area contributed by atoms with Crippen molar-refractivity contribution in [1.82, 2.24) is 19.7 Å². The summed E-state index contributed by atoms with van der Waals surface area (Å²) >= 11 is 1.23. The molecule has 0 aliphatic heterocycles. The molecule has 0 radical (unpaired) electrons. The Hall–Kier alpha value is -4.17. The number of aromatic hydroxyl groups is 2. The Balaban J connectivity index is 1.46. The summed E-state index contributed by atoms with van der Waals surface area (Å²) in [6.45, 7) is 2.83. The molecule has 174 valence electrons. The van der Waals surface area contributed by atoms with Crippen molar-refractivity contribution in [2.24, 2.45) is 0 Å². The monoisotopic (exact) mass is 482 g/mol. The van der Waals surface area contributed by atoms with Crippen LogP contribution in [-0.4, -0.2) is 41.5 Å². The second-order valence-corrected chi connectivity index (χ2v) is 8.89. The number of phenols is 2. The van der Waals surface area contributed by atoms with Crippen LogP contribution in [-0.2, 0) is 6.54 Å². The number of hydrogen-bond donors (Lipinski definition) is 2. The zero-order valence-electron chi connectivity index (χ0n) is 18.9. The highest BCUT2D eigenvalue weighted by atomic mass is 32.2. The molecular formula is C27H22N4O3S. The van der Waals surface area contributed by atoms with Crippen molar-refractivity contribution in [2.45, 2.75) is 18.6 Å². The molecule has 0 aliphatic carbocycles. The van der Waals surface area contributed by atoms with E-state index < -0.39 is 0 Å². The van der Waals surface area contributed by atoms with E-state index in [1.807, 2.05) is 30.5 Å². The molecule has 7 nitrogen and oxygen atoms in total. The first kappa shape index (κ1) is 22.6. The lowest BCUT2D eigenvalue weighted by Gasteiger charge is -2.10. The van der Waals surface area contributed by atoms with E-state index >= 15 is 0 Å². The van der Waals surface area contributed by atoms with Crippen LogP contribution < -0.4 is 0 Å². The quantitative estimate of drug-likeness (QED) is 0.231. The number of hydrogen-bond acceptors (Lipinski definition) is 7. The second-order valence-electron chi connectivity index (χ2n) is 7.94. The number of aryl methyl sites for hydroxylation is 1. The van der Waals surface area contributed by atoms with Gasteiger partial charge in [0.15, 0.2) is 5.78 Å². The highest BCUT2D eigenvalue weighted by Gasteiger charge is 2.18. The number of thioether (sulfide) groups is 1. The van der Waals surface area contributed by atoms with Crippen LogP contribution in [0.3, 0.4) is 0 Å². The Labute approximate surface area is 206 Å². The molecule has 3 aromatic carbocycles. The number of Topliss-reactive ketones (excluding diaryl/α,β-unsaturated/α-hetero) is 1. The van der Waals surface area contributed by atoms with Crippen molar-refractivity contribution < 1.29 is 15.0 Å². The molecule has 8 heteroatoms. The molecule has 0 amide bonds. The molecule has 35 heavy (non-hydrogen) atoms. The second kappa shape index (κ2) is 9.60. The molecule has 0 unspecified atom stereocenters. The van der Waals surface area contributed by atoms with E-state index in [9.17, 15) is 15.0 Å². The number of aromatic nitrogens is 4. The van der Waals surface area contributed by atoms with Gasteiger partial charge in [0.1, 0.15) is 22.9 Å². The number of para-hydroxylation sites is 1. The van der Waals surface area contributed by atoms with E-state index in [1.165, 1.54) is 11.8 Å². The fourth-order valence-corrected chi connectivity index (χ4v) is 4.62. The van der Waals surface area contributed by atoms with Gasteiger partial charge < -0.3 is 14.8 Å². The summed E-state index contributed by atoms with van der Waals surface area (Å²) in [6.07, 6.45) is 1.91. The van der Waals surface area contributed by atoms with Gasteiger partial charge in [-0.05, 0) is 61.5 Å². The van der Waals surface area contributed by atoms with Gasteiger partial charge in [-0.25, -0.2) is 4.98 Å². The van der Waals surface area contributed by atoms with Gasteiger partial charge in [-0.1, -0.05) is 30.0 Å². The number of carbonyl (C=O) groups is 1. The van der Waals surface area contributed by atoms with Gasteiger partial charge in [0.05, 0.1) is 5.75 Å². The Morgan fingerprint density at radius 3 is 2.14 bits per heavy atom. The van der Waals surface area contributed by atoms with E-state index in [4.69, 9.17) is 4.98 Å². The number of nitrogens with zero attached hydrogens (tertiary/aromatic N) is 4. The van der Waals surface area contributed by atoms with Crippen LogP contribution in [0.25, 0.3) is 33.4 Å². The van der Waals surface area contributed by atoms with Crippen molar-refractivity contribution in [3.05, 3.63) is 84.6 Å². The summed E-state index contributed by atoms with van der Waals surface area (Å²) in [5, 5.41) is 29.3. The van der Waals surface area contributed by atoms with Gasteiger partial charge in [-0.15, -0.1) is 10.2 Å².